The van der Waals surface area contributed by atoms with E-state index in [9.17, 15) is 4.79 Å². The molecular weight excluding hydrogens is 262 g/mol. The minimum atomic E-state index is -0.161. The van der Waals surface area contributed by atoms with Crippen molar-refractivity contribution >= 4 is 17.5 Å². The lowest BCUT2D eigenvalue weighted by molar-refractivity contribution is 0.0937. The third-order valence-corrected chi connectivity index (χ3v) is 2.86. The van der Waals surface area contributed by atoms with Crippen LogP contribution in [0.4, 0.5) is 0 Å². The van der Waals surface area contributed by atoms with E-state index in [-0.39, 0.29) is 11.9 Å². The highest BCUT2D eigenvalue weighted by molar-refractivity contribution is 6.30. The topological polar surface area (TPSA) is 46.9 Å². The Hall–Kier alpha value is -1.81. The smallest absolute Gasteiger partial charge is 0.271 e. The Kier molecular flexibility index (Phi) is 3.90. The van der Waals surface area contributed by atoms with Crippen LogP contribution in [0.5, 0.6) is 0 Å². The molecule has 0 atom stereocenters. The van der Waals surface area contributed by atoms with Crippen LogP contribution in [0.15, 0.2) is 30.3 Å². The van der Waals surface area contributed by atoms with Crippen molar-refractivity contribution in [2.24, 2.45) is 0 Å². The Balaban J connectivity index is 2.31. The summed E-state index contributed by atoms with van der Waals surface area (Å²) in [5, 5.41) is 7.82. The van der Waals surface area contributed by atoms with Crippen molar-refractivity contribution in [1.82, 2.24) is 15.1 Å². The largest absolute Gasteiger partial charge is 0.348 e. The lowest BCUT2D eigenvalue weighted by Gasteiger charge is -2.06. The van der Waals surface area contributed by atoms with Gasteiger partial charge in [0.05, 0.1) is 5.69 Å². The van der Waals surface area contributed by atoms with Gasteiger partial charge in [0, 0.05) is 16.8 Å². The molecule has 0 unspecified atom stereocenters. The molecule has 0 aliphatic rings. The number of benzene rings is 1. The fourth-order valence-corrected chi connectivity index (χ4v) is 1.89. The molecule has 1 aromatic carbocycles. The molecule has 0 saturated heterocycles. The van der Waals surface area contributed by atoms with Crippen LogP contribution in [-0.4, -0.2) is 21.7 Å². The molecule has 19 heavy (non-hydrogen) atoms. The Morgan fingerprint density at radius 1 is 1.32 bits per heavy atom. The Labute approximate surface area is 117 Å². The van der Waals surface area contributed by atoms with Gasteiger partial charge in [-0.25, -0.2) is 4.68 Å². The first kappa shape index (κ1) is 13.6. The van der Waals surface area contributed by atoms with Crippen LogP contribution in [0.25, 0.3) is 5.69 Å². The molecule has 1 amide bonds. The first-order chi connectivity index (χ1) is 8.97. The summed E-state index contributed by atoms with van der Waals surface area (Å²) in [6.45, 7) is 5.75. The van der Waals surface area contributed by atoms with Crippen LogP contribution in [0.2, 0.25) is 5.02 Å². The van der Waals surface area contributed by atoms with Crippen molar-refractivity contribution in [3.05, 3.63) is 46.7 Å². The molecule has 0 radical (unpaired) electrons. The molecule has 1 aromatic heterocycles. The molecule has 2 rings (SSSR count). The Morgan fingerprint density at radius 2 is 1.95 bits per heavy atom. The number of nitrogens with zero attached hydrogens (tertiary/aromatic N) is 2. The summed E-state index contributed by atoms with van der Waals surface area (Å²) in [4.78, 5) is 11.9. The number of hydrogen-bond donors (Lipinski definition) is 1. The molecular formula is C14H16ClN3O. The van der Waals surface area contributed by atoms with E-state index in [2.05, 4.69) is 10.4 Å². The van der Waals surface area contributed by atoms with Gasteiger partial charge in [-0.3, -0.25) is 4.79 Å². The molecule has 4 nitrogen and oxygen atoms in total. The highest BCUT2D eigenvalue weighted by Gasteiger charge is 2.13. The highest BCUT2D eigenvalue weighted by atomic mass is 35.5. The van der Waals surface area contributed by atoms with Crippen LogP contribution in [-0.2, 0) is 0 Å². The van der Waals surface area contributed by atoms with Crippen LogP contribution in [0.3, 0.4) is 0 Å². The second kappa shape index (κ2) is 5.45. The number of aromatic nitrogens is 2. The van der Waals surface area contributed by atoms with E-state index in [4.69, 9.17) is 11.6 Å². The minimum absolute atomic E-state index is 0.0912. The number of amides is 1. The average Bonchev–Trinajstić information content (AvgIpc) is 2.72. The van der Waals surface area contributed by atoms with Gasteiger partial charge in [0.1, 0.15) is 0 Å². The maximum atomic E-state index is 11.9. The third kappa shape index (κ3) is 3.15. The van der Waals surface area contributed by atoms with Gasteiger partial charge in [0.15, 0.2) is 5.69 Å². The summed E-state index contributed by atoms with van der Waals surface area (Å²) in [5.41, 5.74) is 2.20. The lowest BCUT2D eigenvalue weighted by Crippen LogP contribution is -2.30. The monoisotopic (exact) mass is 277 g/mol. The number of carbonyl (C=O) groups is 1. The predicted molar refractivity (Wildman–Crippen MR) is 75.9 cm³/mol. The highest BCUT2D eigenvalue weighted by Crippen LogP contribution is 2.15. The summed E-state index contributed by atoms with van der Waals surface area (Å²) in [7, 11) is 0. The summed E-state index contributed by atoms with van der Waals surface area (Å²) in [6, 6.07) is 9.19. The molecule has 0 fully saturated rings. The minimum Gasteiger partial charge on any atom is -0.348 e. The fraction of sp³-hybridized carbons (Fsp3) is 0.286. The number of halogens is 1. The zero-order valence-corrected chi connectivity index (χ0v) is 11.9. The number of carbonyl (C=O) groups excluding carboxylic acids is 1. The Bertz CT molecular complexity index is 587. The summed E-state index contributed by atoms with van der Waals surface area (Å²) in [5.74, 6) is -0.161. The summed E-state index contributed by atoms with van der Waals surface area (Å²) < 4.78 is 1.73. The van der Waals surface area contributed by atoms with Crippen LogP contribution in [0.1, 0.15) is 30.0 Å². The van der Waals surface area contributed by atoms with Crippen LogP contribution in [0, 0.1) is 6.92 Å². The van der Waals surface area contributed by atoms with Gasteiger partial charge in [-0.05, 0) is 51.1 Å². The third-order valence-electron chi connectivity index (χ3n) is 2.61. The molecule has 0 spiro atoms. The normalized spacial score (nSPS) is 10.8. The van der Waals surface area contributed by atoms with Gasteiger partial charge in [-0.15, -0.1) is 0 Å². The van der Waals surface area contributed by atoms with E-state index in [0.29, 0.717) is 10.7 Å². The van der Waals surface area contributed by atoms with E-state index >= 15 is 0 Å². The van der Waals surface area contributed by atoms with E-state index in [0.717, 1.165) is 11.4 Å². The molecule has 1 N–H and O–H groups in total. The molecule has 0 bridgehead atoms. The maximum absolute atomic E-state index is 11.9. The molecule has 5 heteroatoms. The van der Waals surface area contributed by atoms with Crippen molar-refractivity contribution < 1.29 is 4.79 Å². The van der Waals surface area contributed by atoms with Crippen molar-refractivity contribution in [2.45, 2.75) is 26.8 Å². The van der Waals surface area contributed by atoms with Gasteiger partial charge >= 0.3 is 0 Å². The summed E-state index contributed by atoms with van der Waals surface area (Å²) >= 11 is 5.86. The van der Waals surface area contributed by atoms with E-state index in [1.54, 1.807) is 22.9 Å². The van der Waals surface area contributed by atoms with Gasteiger partial charge < -0.3 is 5.32 Å². The van der Waals surface area contributed by atoms with Crippen LogP contribution >= 0.6 is 11.6 Å². The zero-order chi connectivity index (χ0) is 14.0. The van der Waals surface area contributed by atoms with Gasteiger partial charge in [-0.1, -0.05) is 11.6 Å². The first-order valence-electron chi connectivity index (χ1n) is 6.11. The standard InChI is InChI=1S/C14H16ClN3O/c1-9(2)16-14(19)13-8-10(3)18(17-13)12-6-4-11(15)5-7-12/h4-9H,1-3H3,(H,16,19). The summed E-state index contributed by atoms with van der Waals surface area (Å²) in [6.07, 6.45) is 0. The molecule has 0 saturated carbocycles. The van der Waals surface area contributed by atoms with Crippen molar-refractivity contribution in [3.8, 4) is 5.69 Å². The predicted octanol–water partition coefficient (Wildman–Crippen LogP) is 2.97. The van der Waals surface area contributed by atoms with Crippen molar-refractivity contribution in [2.75, 3.05) is 0 Å². The van der Waals surface area contributed by atoms with Gasteiger partial charge in [-0.2, -0.15) is 5.10 Å². The molecule has 0 aliphatic carbocycles. The Morgan fingerprint density at radius 3 is 2.53 bits per heavy atom. The van der Waals surface area contributed by atoms with E-state index in [1.807, 2.05) is 32.9 Å². The maximum Gasteiger partial charge on any atom is 0.271 e. The SMILES string of the molecule is Cc1cc(C(=O)NC(C)C)nn1-c1ccc(Cl)cc1. The van der Waals surface area contributed by atoms with Gasteiger partial charge in [0.2, 0.25) is 0 Å². The lowest BCUT2D eigenvalue weighted by atomic mass is 10.3. The van der Waals surface area contributed by atoms with Gasteiger partial charge in [0.25, 0.3) is 5.91 Å². The van der Waals surface area contributed by atoms with Crippen molar-refractivity contribution in [3.63, 3.8) is 0 Å². The first-order valence-corrected chi connectivity index (χ1v) is 6.48. The second-order valence-electron chi connectivity index (χ2n) is 4.69. The van der Waals surface area contributed by atoms with Crippen molar-refractivity contribution in [1.29, 1.82) is 0 Å². The number of rotatable bonds is 3. The molecule has 1 heterocycles. The fourth-order valence-electron chi connectivity index (χ4n) is 1.77. The molecule has 2 aromatic rings. The average molecular weight is 278 g/mol. The molecule has 0 aliphatic heterocycles. The number of nitrogens with one attached hydrogen (secondary N) is 1. The van der Waals surface area contributed by atoms with Crippen LogP contribution < -0.4 is 5.32 Å². The quantitative estimate of drug-likeness (QED) is 0.937. The molecule has 100 valence electrons. The van der Waals surface area contributed by atoms with E-state index < -0.39 is 0 Å². The zero-order valence-electron chi connectivity index (χ0n) is 11.1. The second-order valence-corrected chi connectivity index (χ2v) is 5.12. The van der Waals surface area contributed by atoms with E-state index in [1.165, 1.54) is 0 Å². The number of aryl methyl sites for hydroxylation is 1. The number of hydrogen-bond acceptors (Lipinski definition) is 2.